The number of rotatable bonds is 7. The normalized spacial score (nSPS) is 15.4. The Morgan fingerprint density at radius 3 is 2.38 bits per heavy atom. The van der Waals surface area contributed by atoms with E-state index in [1.54, 1.807) is 4.57 Å². The summed E-state index contributed by atoms with van der Waals surface area (Å²) < 4.78 is 10.9. The SMILES string of the molecule is COC(=O)C[C@H](NC(=O)c1cc(C)c(C)n(CC2CCCCC2)c1=O)C(=O)OC. The van der Waals surface area contributed by atoms with Gasteiger partial charge in [0.25, 0.3) is 11.5 Å². The highest BCUT2D eigenvalue weighted by molar-refractivity contribution is 5.97. The Morgan fingerprint density at radius 1 is 1.14 bits per heavy atom. The number of nitrogens with zero attached hydrogens (tertiary/aromatic N) is 1. The van der Waals surface area contributed by atoms with Crippen LogP contribution in [0.5, 0.6) is 0 Å². The van der Waals surface area contributed by atoms with Crippen LogP contribution in [-0.2, 0) is 25.6 Å². The zero-order valence-electron chi connectivity index (χ0n) is 17.6. The topological polar surface area (TPSA) is 104 Å². The molecule has 160 valence electrons. The Bertz CT molecular complexity index is 823. The zero-order chi connectivity index (χ0) is 21.6. The van der Waals surface area contributed by atoms with Crippen LogP contribution in [0.25, 0.3) is 0 Å². The third-order valence-corrected chi connectivity index (χ3v) is 5.61. The lowest BCUT2D eigenvalue weighted by molar-refractivity contribution is -0.149. The molecular weight excluding hydrogens is 376 g/mol. The third-order valence-electron chi connectivity index (χ3n) is 5.61. The van der Waals surface area contributed by atoms with E-state index < -0.39 is 29.4 Å². The summed E-state index contributed by atoms with van der Waals surface area (Å²) in [5.74, 6) is -1.75. The number of carbonyl (C=O) groups excluding carboxylic acids is 3. The highest BCUT2D eigenvalue weighted by atomic mass is 16.5. The van der Waals surface area contributed by atoms with Crippen molar-refractivity contribution in [1.82, 2.24) is 9.88 Å². The second kappa shape index (κ2) is 10.2. The largest absolute Gasteiger partial charge is 0.469 e. The lowest BCUT2D eigenvalue weighted by atomic mass is 9.89. The molecule has 0 bridgehead atoms. The van der Waals surface area contributed by atoms with Gasteiger partial charge in [-0.15, -0.1) is 0 Å². The van der Waals surface area contributed by atoms with Gasteiger partial charge in [-0.25, -0.2) is 4.79 Å². The minimum Gasteiger partial charge on any atom is -0.469 e. The van der Waals surface area contributed by atoms with Gasteiger partial charge in [0.2, 0.25) is 0 Å². The van der Waals surface area contributed by atoms with Crippen LogP contribution in [0.3, 0.4) is 0 Å². The van der Waals surface area contributed by atoms with Gasteiger partial charge >= 0.3 is 11.9 Å². The van der Waals surface area contributed by atoms with Gasteiger partial charge in [0.15, 0.2) is 0 Å². The van der Waals surface area contributed by atoms with Gasteiger partial charge in [-0.05, 0) is 44.2 Å². The molecule has 0 unspecified atom stereocenters. The Labute approximate surface area is 170 Å². The first-order valence-electron chi connectivity index (χ1n) is 9.95. The number of aryl methyl sites for hydroxylation is 1. The molecule has 2 rings (SSSR count). The van der Waals surface area contributed by atoms with E-state index in [-0.39, 0.29) is 12.0 Å². The van der Waals surface area contributed by atoms with E-state index in [0.717, 1.165) is 44.1 Å². The van der Waals surface area contributed by atoms with Crippen molar-refractivity contribution in [3.8, 4) is 0 Å². The molecule has 29 heavy (non-hydrogen) atoms. The Balaban J connectivity index is 2.29. The first-order chi connectivity index (χ1) is 13.8. The van der Waals surface area contributed by atoms with Crippen LogP contribution in [0.4, 0.5) is 0 Å². The van der Waals surface area contributed by atoms with Crippen molar-refractivity contribution in [1.29, 1.82) is 0 Å². The molecule has 1 aromatic rings. The maximum atomic E-state index is 13.1. The minimum absolute atomic E-state index is 0.0531. The fourth-order valence-electron chi connectivity index (χ4n) is 3.73. The molecule has 8 nitrogen and oxygen atoms in total. The number of carbonyl (C=O) groups is 3. The van der Waals surface area contributed by atoms with E-state index in [1.807, 2.05) is 13.8 Å². The van der Waals surface area contributed by atoms with Crippen molar-refractivity contribution in [2.24, 2.45) is 5.92 Å². The number of aromatic nitrogens is 1. The van der Waals surface area contributed by atoms with Crippen molar-refractivity contribution in [2.75, 3.05) is 14.2 Å². The van der Waals surface area contributed by atoms with Gasteiger partial charge in [0, 0.05) is 12.2 Å². The Hall–Kier alpha value is -2.64. The van der Waals surface area contributed by atoms with Crippen molar-refractivity contribution < 1.29 is 23.9 Å². The summed E-state index contributed by atoms with van der Waals surface area (Å²) >= 11 is 0. The van der Waals surface area contributed by atoms with Crippen LogP contribution < -0.4 is 10.9 Å². The first kappa shape index (κ1) is 22.6. The van der Waals surface area contributed by atoms with Gasteiger partial charge in [-0.3, -0.25) is 14.4 Å². The van der Waals surface area contributed by atoms with Crippen molar-refractivity contribution in [3.05, 3.63) is 33.2 Å². The fraction of sp³-hybridized carbons (Fsp3) is 0.619. The second-order valence-electron chi connectivity index (χ2n) is 7.58. The Kier molecular flexibility index (Phi) is 7.99. The van der Waals surface area contributed by atoms with E-state index in [0.29, 0.717) is 12.5 Å². The molecule has 1 saturated carbocycles. The predicted octanol–water partition coefficient (Wildman–Crippen LogP) is 1.88. The van der Waals surface area contributed by atoms with E-state index >= 15 is 0 Å². The summed E-state index contributed by atoms with van der Waals surface area (Å²) in [4.78, 5) is 49.3. The first-order valence-corrected chi connectivity index (χ1v) is 9.95. The molecule has 0 aliphatic heterocycles. The molecule has 1 heterocycles. The molecular formula is C21H30N2O6. The smallest absolute Gasteiger partial charge is 0.328 e. The second-order valence-corrected chi connectivity index (χ2v) is 7.58. The number of esters is 2. The summed E-state index contributed by atoms with van der Waals surface area (Å²) in [6.45, 7) is 4.29. The molecule has 1 amide bonds. The summed E-state index contributed by atoms with van der Waals surface area (Å²) in [5, 5.41) is 2.44. The van der Waals surface area contributed by atoms with Gasteiger partial charge in [-0.1, -0.05) is 19.3 Å². The maximum absolute atomic E-state index is 13.1. The third kappa shape index (κ3) is 5.68. The molecule has 1 N–H and O–H groups in total. The molecule has 1 aliphatic rings. The molecule has 0 aromatic carbocycles. The van der Waals surface area contributed by atoms with E-state index in [4.69, 9.17) is 0 Å². The van der Waals surface area contributed by atoms with E-state index in [2.05, 4.69) is 14.8 Å². The monoisotopic (exact) mass is 406 g/mol. The minimum atomic E-state index is -1.23. The summed E-state index contributed by atoms with van der Waals surface area (Å²) in [7, 11) is 2.34. The molecule has 1 aromatic heterocycles. The summed E-state index contributed by atoms with van der Waals surface area (Å²) in [6.07, 6.45) is 5.31. The molecule has 1 fully saturated rings. The summed E-state index contributed by atoms with van der Waals surface area (Å²) in [6, 6.07) is 0.296. The average molecular weight is 406 g/mol. The van der Waals surface area contributed by atoms with Crippen molar-refractivity contribution >= 4 is 17.8 Å². The maximum Gasteiger partial charge on any atom is 0.328 e. The van der Waals surface area contributed by atoms with Crippen molar-refractivity contribution in [2.45, 2.75) is 65.0 Å². The highest BCUT2D eigenvalue weighted by Gasteiger charge is 2.27. The molecule has 8 heteroatoms. The molecule has 1 aliphatic carbocycles. The van der Waals surface area contributed by atoms with Gasteiger partial charge < -0.3 is 19.4 Å². The van der Waals surface area contributed by atoms with Crippen LogP contribution >= 0.6 is 0 Å². The van der Waals surface area contributed by atoms with E-state index in [9.17, 15) is 19.2 Å². The predicted molar refractivity (Wildman–Crippen MR) is 107 cm³/mol. The number of nitrogens with one attached hydrogen (secondary N) is 1. The molecule has 1 atom stereocenters. The van der Waals surface area contributed by atoms with Crippen molar-refractivity contribution in [3.63, 3.8) is 0 Å². The molecule has 0 saturated heterocycles. The zero-order valence-corrected chi connectivity index (χ0v) is 17.6. The highest BCUT2D eigenvalue weighted by Crippen LogP contribution is 2.25. The van der Waals surface area contributed by atoms with E-state index in [1.165, 1.54) is 19.6 Å². The van der Waals surface area contributed by atoms with Crippen LogP contribution in [0.15, 0.2) is 10.9 Å². The van der Waals surface area contributed by atoms with Crippen LogP contribution in [0.1, 0.15) is 60.1 Å². The van der Waals surface area contributed by atoms with Gasteiger partial charge in [0.05, 0.1) is 20.6 Å². The lowest BCUT2D eigenvalue weighted by Gasteiger charge is -2.24. The fourth-order valence-corrected chi connectivity index (χ4v) is 3.73. The van der Waals surface area contributed by atoms with Crippen LogP contribution in [0.2, 0.25) is 0 Å². The molecule has 0 radical (unpaired) electrons. The number of pyridine rings is 1. The Morgan fingerprint density at radius 2 is 1.79 bits per heavy atom. The lowest BCUT2D eigenvalue weighted by Crippen LogP contribution is -2.45. The molecule has 0 spiro atoms. The van der Waals surface area contributed by atoms with Crippen LogP contribution in [-0.4, -0.2) is 42.7 Å². The van der Waals surface area contributed by atoms with Gasteiger partial charge in [-0.2, -0.15) is 0 Å². The number of hydrogen-bond acceptors (Lipinski definition) is 6. The number of ether oxygens (including phenoxy) is 2. The van der Waals surface area contributed by atoms with Gasteiger partial charge in [0.1, 0.15) is 11.6 Å². The number of methoxy groups -OCH3 is 2. The number of hydrogen-bond donors (Lipinski definition) is 1. The van der Waals surface area contributed by atoms with Crippen LogP contribution in [0, 0.1) is 19.8 Å². The quantitative estimate of drug-likeness (QED) is 0.694. The average Bonchev–Trinajstić information content (AvgIpc) is 2.73. The standard InChI is InChI=1S/C21H30N2O6/c1-13-10-16(19(25)22-17(21(27)29-4)11-18(24)28-3)20(26)23(14(13)2)12-15-8-6-5-7-9-15/h10,15,17H,5-9,11-12H2,1-4H3,(H,22,25)/t17-/m0/s1. The number of amides is 1. The summed E-state index contributed by atoms with van der Waals surface area (Å²) in [5.41, 5.74) is 1.20.